The molecule has 472 valence electrons. The average molecular weight is 1270 g/mol. The maximum absolute atomic E-state index is 15.7. The third-order valence-electron chi connectivity index (χ3n) is 15.5. The molecule has 0 unspecified atom stereocenters. The molecule has 10 nitrogen and oxygen atoms in total. The summed E-state index contributed by atoms with van der Waals surface area (Å²) in [5.41, 5.74) is 10.2. The zero-order valence-electron chi connectivity index (χ0n) is 52.3. The van der Waals surface area contributed by atoms with Crippen LogP contribution in [0.1, 0.15) is 66.8 Å². The third kappa shape index (κ3) is 18.0. The molecule has 0 fully saturated rings. The maximum Gasteiger partial charge on any atom is 0.194 e. The number of hydrogen-bond acceptors (Lipinski definition) is 10. The van der Waals surface area contributed by atoms with Gasteiger partial charge in [0, 0.05) is 44.2 Å². The summed E-state index contributed by atoms with van der Waals surface area (Å²) in [6.07, 6.45) is 0. The SMILES string of the molecule is O=S(=O)(C=C(c1ccccc1)c1cccc(OCc2cc(OCc3ccccc3)ccc2OCc2ccccc2)c1OCc1ccccc1)C=C(c1ccccc1)c1cccc(OCc2cc(OCc3ccccc3)ccc2OCc2ccccc2)c1OCc1ccccc1. The molecule has 0 aromatic heterocycles. The van der Waals surface area contributed by atoms with Crippen molar-refractivity contribution in [2.24, 2.45) is 0 Å². The molecule has 0 bridgehead atoms. The molecule has 0 aliphatic carbocycles. The Labute approximate surface area is 556 Å². The Morgan fingerprint density at radius 3 is 0.842 bits per heavy atom. The lowest BCUT2D eigenvalue weighted by atomic mass is 9.98. The van der Waals surface area contributed by atoms with Crippen LogP contribution in [0.3, 0.4) is 0 Å². The van der Waals surface area contributed by atoms with Crippen LogP contribution in [0.25, 0.3) is 11.1 Å². The van der Waals surface area contributed by atoms with E-state index >= 15 is 8.42 Å². The second kappa shape index (κ2) is 32.2. The van der Waals surface area contributed by atoms with Crippen LogP contribution in [-0.2, 0) is 62.7 Å². The lowest BCUT2D eigenvalue weighted by Gasteiger charge is -2.20. The molecule has 11 heteroatoms. The number of hydrogen-bond donors (Lipinski definition) is 0. The highest BCUT2D eigenvalue weighted by molar-refractivity contribution is 7.97. The number of benzene rings is 12. The van der Waals surface area contributed by atoms with E-state index in [0.29, 0.717) is 106 Å². The van der Waals surface area contributed by atoms with Crippen molar-refractivity contribution < 1.29 is 46.3 Å². The van der Waals surface area contributed by atoms with Crippen LogP contribution in [-0.4, -0.2) is 8.42 Å². The predicted molar refractivity (Wildman–Crippen MR) is 375 cm³/mol. The normalized spacial score (nSPS) is 11.5. The first-order chi connectivity index (χ1) is 46.8. The summed E-state index contributed by atoms with van der Waals surface area (Å²) in [6.45, 7) is 1.76. The Kier molecular flexibility index (Phi) is 21.5. The molecule has 95 heavy (non-hydrogen) atoms. The summed E-state index contributed by atoms with van der Waals surface area (Å²) in [5.74, 6) is 3.91. The Bertz CT molecular complexity index is 4290. The quantitative estimate of drug-likeness (QED) is 0.0432. The predicted octanol–water partition coefficient (Wildman–Crippen LogP) is 19.2. The standard InChI is InChI=1S/C84H70O10S/c85-95(86,61-77(69-39-21-7-22-40-69)75-43-25-45-81(83(75)93-57-67-35-17-5-18-36-67)91-59-71-51-73(87-53-63-27-9-1-10-28-63)47-49-79(71)89-55-65-31-13-3-14-32-65)62-78(70-41-23-8-24-42-70)76-44-26-46-82(84(76)94-58-68-37-19-6-20-38-68)92-60-72-52-74(88-54-64-29-11-2-12-30-64)48-50-80(72)90-56-66-33-15-4-16-34-66/h1-52,61-62H,53-60H2. The van der Waals surface area contributed by atoms with Gasteiger partial charge in [-0.1, -0.05) is 267 Å². The lowest BCUT2D eigenvalue weighted by Crippen LogP contribution is -2.07. The molecule has 0 N–H and O–H groups in total. The molecule has 0 aliphatic heterocycles. The van der Waals surface area contributed by atoms with Crippen molar-refractivity contribution in [3.05, 3.63) is 393 Å². The smallest absolute Gasteiger partial charge is 0.194 e. The summed E-state index contributed by atoms with van der Waals surface area (Å²) >= 11 is 0. The van der Waals surface area contributed by atoms with Gasteiger partial charge in [0.1, 0.15) is 75.9 Å². The van der Waals surface area contributed by atoms with Gasteiger partial charge in [-0.25, -0.2) is 8.42 Å². The van der Waals surface area contributed by atoms with Gasteiger partial charge in [0.05, 0.1) is 0 Å². The van der Waals surface area contributed by atoms with Gasteiger partial charge in [0.15, 0.2) is 32.8 Å². The van der Waals surface area contributed by atoms with Crippen LogP contribution >= 0.6 is 0 Å². The van der Waals surface area contributed by atoms with E-state index in [0.717, 1.165) is 44.5 Å². The first-order valence-corrected chi connectivity index (χ1v) is 33.0. The molecule has 0 aliphatic rings. The van der Waals surface area contributed by atoms with Crippen molar-refractivity contribution in [2.45, 2.75) is 52.9 Å². The van der Waals surface area contributed by atoms with E-state index in [4.69, 9.17) is 37.9 Å². The zero-order chi connectivity index (χ0) is 64.7. The van der Waals surface area contributed by atoms with E-state index in [1.807, 2.05) is 315 Å². The van der Waals surface area contributed by atoms with Gasteiger partial charge in [-0.2, -0.15) is 0 Å². The summed E-state index contributed by atoms with van der Waals surface area (Å²) in [6, 6.07) is 101. The van der Waals surface area contributed by atoms with Crippen molar-refractivity contribution in [1.29, 1.82) is 0 Å². The van der Waals surface area contributed by atoms with Crippen LogP contribution in [0, 0.1) is 0 Å². The van der Waals surface area contributed by atoms with Crippen molar-refractivity contribution in [3.8, 4) is 46.0 Å². The van der Waals surface area contributed by atoms with Gasteiger partial charge in [-0.3, -0.25) is 0 Å². The summed E-state index contributed by atoms with van der Waals surface area (Å²) in [5, 5.41) is 2.61. The number of ether oxygens (including phenoxy) is 8. The van der Waals surface area contributed by atoms with E-state index in [9.17, 15) is 0 Å². The Hall–Kier alpha value is -11.5. The molecule has 0 atom stereocenters. The van der Waals surface area contributed by atoms with E-state index in [1.165, 1.54) is 10.8 Å². The number of para-hydroxylation sites is 2. The third-order valence-corrected chi connectivity index (χ3v) is 16.7. The molecular formula is C84H70O10S. The highest BCUT2D eigenvalue weighted by Crippen LogP contribution is 2.43. The van der Waals surface area contributed by atoms with Gasteiger partial charge in [-0.15, -0.1) is 0 Å². The van der Waals surface area contributed by atoms with Gasteiger partial charge >= 0.3 is 0 Å². The van der Waals surface area contributed by atoms with Crippen LogP contribution in [0.2, 0.25) is 0 Å². The fraction of sp³-hybridized carbons (Fsp3) is 0.0952. The minimum Gasteiger partial charge on any atom is -0.489 e. The summed E-state index contributed by atoms with van der Waals surface area (Å²) in [4.78, 5) is 0. The highest BCUT2D eigenvalue weighted by atomic mass is 32.2. The summed E-state index contributed by atoms with van der Waals surface area (Å²) < 4.78 is 84.6. The van der Waals surface area contributed by atoms with E-state index < -0.39 is 9.84 Å². The minimum absolute atomic E-state index is 0.0415. The van der Waals surface area contributed by atoms with Crippen molar-refractivity contribution >= 4 is 21.0 Å². The van der Waals surface area contributed by atoms with Crippen LogP contribution in [0.5, 0.6) is 46.0 Å². The first kappa shape index (κ1) is 63.6. The molecule has 0 saturated carbocycles. The molecule has 12 aromatic carbocycles. The van der Waals surface area contributed by atoms with Crippen molar-refractivity contribution in [1.82, 2.24) is 0 Å². The largest absolute Gasteiger partial charge is 0.489 e. The maximum atomic E-state index is 15.7. The molecule has 0 radical (unpaired) electrons. The van der Waals surface area contributed by atoms with Gasteiger partial charge in [0.2, 0.25) is 0 Å². The average Bonchev–Trinajstić information content (AvgIpc) is 0.852. The summed E-state index contributed by atoms with van der Waals surface area (Å²) in [7, 11) is -4.38. The topological polar surface area (TPSA) is 108 Å². The zero-order valence-corrected chi connectivity index (χ0v) is 53.1. The van der Waals surface area contributed by atoms with Crippen molar-refractivity contribution in [2.75, 3.05) is 0 Å². The monoisotopic (exact) mass is 1270 g/mol. The van der Waals surface area contributed by atoms with Crippen molar-refractivity contribution in [3.63, 3.8) is 0 Å². The van der Waals surface area contributed by atoms with Gasteiger partial charge in [0.25, 0.3) is 0 Å². The number of rotatable bonds is 30. The Morgan fingerprint density at radius 1 is 0.253 bits per heavy atom. The Morgan fingerprint density at radius 2 is 0.526 bits per heavy atom. The minimum atomic E-state index is -4.38. The molecule has 0 spiro atoms. The highest BCUT2D eigenvalue weighted by Gasteiger charge is 2.24. The lowest BCUT2D eigenvalue weighted by molar-refractivity contribution is 0.245. The fourth-order valence-corrected chi connectivity index (χ4v) is 11.9. The van der Waals surface area contributed by atoms with Crippen LogP contribution in [0.15, 0.2) is 326 Å². The molecule has 12 rings (SSSR count). The first-order valence-electron chi connectivity index (χ1n) is 31.4. The molecule has 0 heterocycles. The number of sulfone groups is 1. The molecule has 0 amide bonds. The van der Waals surface area contributed by atoms with Crippen LogP contribution in [0.4, 0.5) is 0 Å². The molecule has 12 aromatic rings. The van der Waals surface area contributed by atoms with E-state index in [-0.39, 0.29) is 26.4 Å². The molecule has 0 saturated heterocycles. The second-order valence-corrected chi connectivity index (χ2v) is 24.1. The van der Waals surface area contributed by atoms with Gasteiger partial charge < -0.3 is 37.9 Å². The van der Waals surface area contributed by atoms with E-state index in [1.54, 1.807) is 0 Å². The van der Waals surface area contributed by atoms with Gasteiger partial charge in [-0.05, 0) is 93.0 Å². The second-order valence-electron chi connectivity index (χ2n) is 22.4. The fourth-order valence-electron chi connectivity index (χ4n) is 10.7. The molecular weight excluding hydrogens is 1200 g/mol. The van der Waals surface area contributed by atoms with Crippen LogP contribution < -0.4 is 37.9 Å². The Balaban J connectivity index is 0.927. The van der Waals surface area contributed by atoms with E-state index in [2.05, 4.69) is 0 Å².